The molecule has 0 radical (unpaired) electrons. The lowest BCUT2D eigenvalue weighted by molar-refractivity contribution is -0.254. The zero-order valence-electron chi connectivity index (χ0n) is 20.5. The van der Waals surface area contributed by atoms with Crippen molar-refractivity contribution in [2.45, 2.75) is 65.3 Å². The number of benzene rings is 1. The van der Waals surface area contributed by atoms with E-state index >= 15 is 0 Å². The van der Waals surface area contributed by atoms with Gasteiger partial charge in [0, 0.05) is 27.7 Å². The molecule has 13 heteroatoms. The molecule has 2 N–H and O–H groups in total. The van der Waals surface area contributed by atoms with Crippen LogP contribution in [0.15, 0.2) is 35.4 Å². The van der Waals surface area contributed by atoms with Crippen molar-refractivity contribution >= 4 is 46.9 Å². The third-order valence-corrected chi connectivity index (χ3v) is 4.99. The van der Waals surface area contributed by atoms with Crippen LogP contribution in [0.2, 0.25) is 0 Å². The van der Waals surface area contributed by atoms with Gasteiger partial charge in [-0.2, -0.15) is 5.10 Å². The molecule has 12 nitrogen and oxygen atoms in total. The highest BCUT2D eigenvalue weighted by Crippen LogP contribution is 2.28. The molecule has 1 saturated heterocycles. The van der Waals surface area contributed by atoms with Gasteiger partial charge in [0.2, 0.25) is 0 Å². The Morgan fingerprint density at radius 3 is 1.97 bits per heavy atom. The van der Waals surface area contributed by atoms with Gasteiger partial charge in [-0.1, -0.05) is 30.3 Å². The Bertz CT molecular complexity index is 1000. The van der Waals surface area contributed by atoms with Crippen LogP contribution in [0.5, 0.6) is 0 Å². The number of hydrazone groups is 1. The van der Waals surface area contributed by atoms with E-state index in [4.69, 9.17) is 35.9 Å². The summed E-state index contributed by atoms with van der Waals surface area (Å²) in [7, 11) is 0. The third kappa shape index (κ3) is 8.89. The molecule has 1 aliphatic rings. The first-order valence-corrected chi connectivity index (χ1v) is 11.4. The first kappa shape index (κ1) is 28.7. The summed E-state index contributed by atoms with van der Waals surface area (Å²) in [5.41, 5.74) is 4.18. The minimum Gasteiger partial charge on any atom is -0.463 e. The second-order valence-corrected chi connectivity index (χ2v) is 8.18. The van der Waals surface area contributed by atoms with Crippen LogP contribution < -0.4 is 10.7 Å². The van der Waals surface area contributed by atoms with Crippen LogP contribution in [0.3, 0.4) is 0 Å². The highest BCUT2D eigenvalue weighted by Gasteiger charge is 2.52. The molecule has 1 aliphatic heterocycles. The maximum absolute atomic E-state index is 11.9. The Kier molecular flexibility index (Phi) is 10.7. The van der Waals surface area contributed by atoms with Crippen LogP contribution in [0.1, 0.15) is 40.2 Å². The molecule has 0 bridgehead atoms. The molecule has 0 spiro atoms. The highest BCUT2D eigenvalue weighted by atomic mass is 32.1. The normalized spacial score (nSPS) is 23.6. The fourth-order valence-corrected chi connectivity index (χ4v) is 3.55. The summed E-state index contributed by atoms with van der Waals surface area (Å²) in [6.45, 7) is 6.06. The third-order valence-electron chi connectivity index (χ3n) is 4.78. The molecule has 196 valence electrons. The number of hydrogen-bond acceptors (Lipinski definition) is 11. The van der Waals surface area contributed by atoms with E-state index in [9.17, 15) is 19.2 Å². The SMILES string of the molecule is CC(=O)OC[C@H]1O[C@@H](NC(=S)N/N=C(\C)c2ccccc2)[C@H](OC(C)=O)[C@@H](OC(C)=O)[C@@H]1OC(C)=O. The molecule has 0 unspecified atom stereocenters. The first-order chi connectivity index (χ1) is 17.0. The molecule has 0 amide bonds. The number of nitrogens with zero attached hydrogens (tertiary/aromatic N) is 1. The predicted molar refractivity (Wildman–Crippen MR) is 129 cm³/mol. The average molecular weight is 524 g/mol. The molecule has 1 aromatic rings. The van der Waals surface area contributed by atoms with Crippen molar-refractivity contribution in [3.63, 3.8) is 0 Å². The van der Waals surface area contributed by atoms with Crippen molar-refractivity contribution in [3.05, 3.63) is 35.9 Å². The summed E-state index contributed by atoms with van der Waals surface area (Å²) in [5, 5.41) is 7.03. The number of nitrogens with one attached hydrogen (secondary N) is 2. The molecule has 36 heavy (non-hydrogen) atoms. The standard InChI is InChI=1S/C23H29N3O9S/c1-12(17-9-7-6-8-10-17)25-26-23(36)24-22-21(34-16(5)30)20(33-15(4)29)19(32-14(3)28)18(35-22)11-31-13(2)27/h6-10,18-22H,11H2,1-5H3,(H2,24,26,36)/b25-12+/t18-,19-,20+,21-,22-/m1/s1. The maximum atomic E-state index is 11.9. The number of carbonyl (C=O) groups excluding carboxylic acids is 4. The Hall–Kier alpha value is -3.58. The summed E-state index contributed by atoms with van der Waals surface area (Å²) < 4.78 is 27.0. The molecule has 0 aromatic heterocycles. The van der Waals surface area contributed by atoms with Crippen molar-refractivity contribution in [2.24, 2.45) is 5.10 Å². The fraction of sp³-hybridized carbons (Fsp3) is 0.478. The van der Waals surface area contributed by atoms with Crippen LogP contribution in [0.25, 0.3) is 0 Å². The van der Waals surface area contributed by atoms with Gasteiger partial charge >= 0.3 is 23.9 Å². The number of hydrogen-bond donors (Lipinski definition) is 2. The van der Waals surface area contributed by atoms with Gasteiger partial charge in [0.05, 0.1) is 5.71 Å². The minimum absolute atomic E-state index is 0.00817. The van der Waals surface area contributed by atoms with Gasteiger partial charge in [-0.15, -0.1) is 0 Å². The van der Waals surface area contributed by atoms with E-state index in [1.165, 1.54) is 6.92 Å². The predicted octanol–water partition coefficient (Wildman–Crippen LogP) is 0.958. The van der Waals surface area contributed by atoms with Crippen LogP contribution in [0, 0.1) is 0 Å². The maximum Gasteiger partial charge on any atom is 0.303 e. The van der Waals surface area contributed by atoms with Crippen molar-refractivity contribution in [2.75, 3.05) is 6.61 Å². The van der Waals surface area contributed by atoms with E-state index in [-0.39, 0.29) is 11.7 Å². The number of esters is 4. The summed E-state index contributed by atoms with van der Waals surface area (Å²) in [4.78, 5) is 47.0. The van der Waals surface area contributed by atoms with Gasteiger partial charge in [-0.05, 0) is 24.7 Å². The lowest BCUT2D eigenvalue weighted by Gasteiger charge is -2.44. The topological polar surface area (TPSA) is 151 Å². The number of ether oxygens (including phenoxy) is 5. The summed E-state index contributed by atoms with van der Waals surface area (Å²) in [6, 6.07) is 9.35. The monoisotopic (exact) mass is 523 g/mol. The number of rotatable bonds is 8. The zero-order chi connectivity index (χ0) is 26.8. The first-order valence-electron chi connectivity index (χ1n) is 10.9. The number of thiocarbonyl (C=S) groups is 1. The average Bonchev–Trinajstić information content (AvgIpc) is 2.79. The second-order valence-electron chi connectivity index (χ2n) is 7.77. The van der Waals surface area contributed by atoms with Crippen molar-refractivity contribution in [3.8, 4) is 0 Å². The lowest BCUT2D eigenvalue weighted by atomic mass is 9.97. The van der Waals surface area contributed by atoms with E-state index in [2.05, 4.69) is 15.8 Å². The van der Waals surface area contributed by atoms with E-state index in [1.54, 1.807) is 6.92 Å². The smallest absolute Gasteiger partial charge is 0.303 e. The van der Waals surface area contributed by atoms with Crippen LogP contribution in [0.4, 0.5) is 0 Å². The van der Waals surface area contributed by atoms with Crippen LogP contribution in [-0.4, -0.2) is 72.0 Å². The molecule has 0 aliphatic carbocycles. The molecule has 5 atom stereocenters. The van der Waals surface area contributed by atoms with Gasteiger partial charge in [0.1, 0.15) is 12.7 Å². The molecule has 2 rings (SSSR count). The highest BCUT2D eigenvalue weighted by molar-refractivity contribution is 7.80. The Balaban J connectivity index is 2.32. The molecule has 1 fully saturated rings. The van der Waals surface area contributed by atoms with E-state index in [0.717, 1.165) is 26.3 Å². The largest absolute Gasteiger partial charge is 0.463 e. The van der Waals surface area contributed by atoms with Crippen LogP contribution in [-0.2, 0) is 42.9 Å². The lowest BCUT2D eigenvalue weighted by Crippen LogP contribution is -2.66. The molecule has 0 saturated carbocycles. The van der Waals surface area contributed by atoms with Gasteiger partial charge < -0.3 is 29.0 Å². The van der Waals surface area contributed by atoms with Gasteiger partial charge in [0.25, 0.3) is 0 Å². The molecular weight excluding hydrogens is 494 g/mol. The zero-order valence-corrected chi connectivity index (χ0v) is 21.3. The fourth-order valence-electron chi connectivity index (χ4n) is 3.38. The van der Waals surface area contributed by atoms with E-state index in [1.807, 2.05) is 30.3 Å². The van der Waals surface area contributed by atoms with Crippen molar-refractivity contribution < 1.29 is 42.9 Å². The minimum atomic E-state index is -1.31. The van der Waals surface area contributed by atoms with Gasteiger partial charge in [-0.3, -0.25) is 24.6 Å². The second kappa shape index (κ2) is 13.5. The summed E-state index contributed by atoms with van der Waals surface area (Å²) in [5.74, 6) is -2.78. The summed E-state index contributed by atoms with van der Waals surface area (Å²) in [6.07, 6.45) is -6.14. The summed E-state index contributed by atoms with van der Waals surface area (Å²) >= 11 is 5.31. The van der Waals surface area contributed by atoms with E-state index < -0.39 is 54.5 Å². The molecule has 1 heterocycles. The van der Waals surface area contributed by atoms with E-state index in [0.29, 0.717) is 5.71 Å². The number of carbonyl (C=O) groups is 4. The quantitative estimate of drug-likeness (QED) is 0.164. The Labute approximate surface area is 213 Å². The van der Waals surface area contributed by atoms with Crippen LogP contribution >= 0.6 is 12.2 Å². The van der Waals surface area contributed by atoms with Crippen molar-refractivity contribution in [1.29, 1.82) is 0 Å². The van der Waals surface area contributed by atoms with Gasteiger partial charge in [-0.25, -0.2) is 0 Å². The molecule has 1 aromatic carbocycles. The Morgan fingerprint density at radius 2 is 1.42 bits per heavy atom. The Morgan fingerprint density at radius 1 is 0.861 bits per heavy atom. The van der Waals surface area contributed by atoms with Crippen molar-refractivity contribution in [1.82, 2.24) is 10.7 Å². The van der Waals surface area contributed by atoms with Gasteiger partial charge in [0.15, 0.2) is 29.7 Å². The molecular formula is C23H29N3O9S.